The molecule has 1 N–H and O–H groups in total. The lowest BCUT2D eigenvalue weighted by Crippen LogP contribution is -2.59. The van der Waals surface area contributed by atoms with Crippen LogP contribution in [0.25, 0.3) is 0 Å². The molecule has 0 aliphatic heterocycles. The maximum Gasteiger partial charge on any atom is 0.0637 e. The van der Waals surface area contributed by atoms with Crippen molar-refractivity contribution in [3.8, 4) is 0 Å². The lowest BCUT2D eigenvalue weighted by Gasteiger charge is -2.45. The summed E-state index contributed by atoms with van der Waals surface area (Å²) >= 11 is 0. The molecule has 16 heavy (non-hydrogen) atoms. The monoisotopic (exact) mass is 230 g/mol. The Bertz CT molecular complexity index is 167. The normalized spacial score (nSPS) is 14.4. The van der Waals surface area contributed by atoms with Gasteiger partial charge in [-0.2, -0.15) is 0 Å². The minimum atomic E-state index is 0.197. The van der Waals surface area contributed by atoms with E-state index in [1.54, 1.807) is 0 Å². The van der Waals surface area contributed by atoms with Crippen molar-refractivity contribution in [1.29, 1.82) is 0 Å². The van der Waals surface area contributed by atoms with Gasteiger partial charge in [0.15, 0.2) is 0 Å². The number of rotatable bonds is 9. The molecule has 1 unspecified atom stereocenters. The molecule has 0 heterocycles. The van der Waals surface area contributed by atoms with E-state index in [-0.39, 0.29) is 5.54 Å². The lowest BCUT2D eigenvalue weighted by molar-refractivity contribution is 0.0275. The van der Waals surface area contributed by atoms with E-state index in [4.69, 9.17) is 4.74 Å². The van der Waals surface area contributed by atoms with Gasteiger partial charge >= 0.3 is 0 Å². The van der Waals surface area contributed by atoms with Crippen molar-refractivity contribution in [3.63, 3.8) is 0 Å². The predicted octanol–water partition coefficient (Wildman–Crippen LogP) is 2.12. The summed E-state index contributed by atoms with van der Waals surface area (Å²) in [5, 5.41) is 3.42. The van der Waals surface area contributed by atoms with Gasteiger partial charge in [0, 0.05) is 18.2 Å². The summed E-state index contributed by atoms with van der Waals surface area (Å²) in [6, 6.07) is 0.393. The van der Waals surface area contributed by atoms with Crippen LogP contribution >= 0.6 is 0 Å². The van der Waals surface area contributed by atoms with Gasteiger partial charge in [-0.3, -0.25) is 0 Å². The second kappa shape index (κ2) is 8.04. The summed E-state index contributed by atoms with van der Waals surface area (Å²) in [5.74, 6) is 0. The Morgan fingerprint density at radius 2 is 1.75 bits per heavy atom. The third kappa shape index (κ3) is 3.72. The molecular formula is C13H30N2O. The first-order valence-corrected chi connectivity index (χ1v) is 6.51. The molecule has 0 saturated heterocycles. The van der Waals surface area contributed by atoms with Crippen molar-refractivity contribution in [3.05, 3.63) is 0 Å². The van der Waals surface area contributed by atoms with Gasteiger partial charge in [0.1, 0.15) is 0 Å². The Kier molecular flexibility index (Phi) is 7.98. The molecule has 0 aromatic rings. The van der Waals surface area contributed by atoms with Crippen LogP contribution in [0.2, 0.25) is 0 Å². The first-order valence-electron chi connectivity index (χ1n) is 6.51. The summed E-state index contributed by atoms with van der Waals surface area (Å²) < 4.78 is 5.71. The van der Waals surface area contributed by atoms with Gasteiger partial charge in [-0.1, -0.05) is 20.8 Å². The van der Waals surface area contributed by atoms with Crippen LogP contribution in [0.4, 0.5) is 0 Å². The average Bonchev–Trinajstić information content (AvgIpc) is 2.28. The molecule has 98 valence electrons. The highest BCUT2D eigenvalue weighted by molar-refractivity contribution is 4.96. The Balaban J connectivity index is 4.57. The number of ether oxygens (including phenoxy) is 1. The first kappa shape index (κ1) is 15.9. The van der Waals surface area contributed by atoms with Crippen LogP contribution in [0.15, 0.2) is 0 Å². The number of hydrogen-bond acceptors (Lipinski definition) is 3. The van der Waals surface area contributed by atoms with E-state index in [0.717, 1.165) is 32.5 Å². The third-order valence-corrected chi connectivity index (χ3v) is 3.75. The summed E-state index contributed by atoms with van der Waals surface area (Å²) in [4.78, 5) is 2.34. The van der Waals surface area contributed by atoms with Crippen molar-refractivity contribution in [1.82, 2.24) is 10.2 Å². The third-order valence-electron chi connectivity index (χ3n) is 3.75. The molecule has 0 aliphatic rings. The van der Waals surface area contributed by atoms with Crippen molar-refractivity contribution < 1.29 is 4.74 Å². The zero-order valence-corrected chi connectivity index (χ0v) is 12.0. The fourth-order valence-electron chi connectivity index (χ4n) is 2.54. The van der Waals surface area contributed by atoms with Crippen LogP contribution < -0.4 is 5.32 Å². The second-order valence-electron chi connectivity index (χ2n) is 4.62. The van der Waals surface area contributed by atoms with Gasteiger partial charge in [-0.15, -0.1) is 0 Å². The van der Waals surface area contributed by atoms with Crippen LogP contribution in [0, 0.1) is 0 Å². The molecule has 0 aromatic carbocycles. The largest absolute Gasteiger partial charge is 0.380 e. The molecule has 0 saturated carbocycles. The highest BCUT2D eigenvalue weighted by atomic mass is 16.5. The molecule has 0 aromatic heterocycles. The van der Waals surface area contributed by atoms with Gasteiger partial charge in [0.2, 0.25) is 0 Å². The summed E-state index contributed by atoms with van der Waals surface area (Å²) in [6.07, 6.45) is 3.36. The number of nitrogens with zero attached hydrogens (tertiary/aromatic N) is 1. The highest BCUT2D eigenvalue weighted by Crippen LogP contribution is 2.25. The molecule has 0 fully saturated rings. The molecule has 0 radical (unpaired) electrons. The smallest absolute Gasteiger partial charge is 0.0637 e. The topological polar surface area (TPSA) is 24.5 Å². The predicted molar refractivity (Wildman–Crippen MR) is 71.0 cm³/mol. The molecule has 3 nitrogen and oxygen atoms in total. The number of nitrogens with one attached hydrogen (secondary N) is 1. The van der Waals surface area contributed by atoms with Gasteiger partial charge in [-0.25, -0.2) is 0 Å². The summed E-state index contributed by atoms with van der Waals surface area (Å²) in [6.45, 7) is 8.31. The maximum absolute atomic E-state index is 5.71. The molecule has 0 bridgehead atoms. The zero-order valence-electron chi connectivity index (χ0n) is 12.0. The minimum absolute atomic E-state index is 0.197. The van der Waals surface area contributed by atoms with Crippen LogP contribution in [-0.2, 0) is 4.74 Å². The van der Waals surface area contributed by atoms with Crippen LogP contribution in [0.3, 0.4) is 0 Å². The molecule has 0 rings (SSSR count). The van der Waals surface area contributed by atoms with Crippen LogP contribution in [0.1, 0.15) is 40.0 Å². The van der Waals surface area contributed by atoms with E-state index in [2.05, 4.69) is 45.1 Å². The van der Waals surface area contributed by atoms with Gasteiger partial charge in [0.25, 0.3) is 0 Å². The van der Waals surface area contributed by atoms with E-state index < -0.39 is 0 Å². The standard InChI is InChI=1S/C13H30N2O/c1-7-10-16-11-12(14-4)13(8-2,9-3)15(5)6/h12,14H,7-11H2,1-6H3. The van der Waals surface area contributed by atoms with Crippen molar-refractivity contribution in [2.45, 2.75) is 51.6 Å². The fraction of sp³-hybridized carbons (Fsp3) is 1.00. The number of likely N-dealkylation sites (N-methyl/N-ethyl adjacent to an activating group) is 2. The molecule has 1 atom stereocenters. The van der Waals surface area contributed by atoms with E-state index in [1.165, 1.54) is 0 Å². The van der Waals surface area contributed by atoms with E-state index in [0.29, 0.717) is 6.04 Å². The molecule has 3 heteroatoms. The van der Waals surface area contributed by atoms with Crippen molar-refractivity contribution in [2.75, 3.05) is 34.4 Å². The molecular weight excluding hydrogens is 200 g/mol. The van der Waals surface area contributed by atoms with Gasteiger partial charge < -0.3 is 15.0 Å². The number of hydrogen-bond donors (Lipinski definition) is 1. The molecule has 0 spiro atoms. The Hall–Kier alpha value is -0.120. The summed E-state index contributed by atoms with van der Waals surface area (Å²) in [7, 11) is 6.36. The lowest BCUT2D eigenvalue weighted by atomic mass is 9.83. The van der Waals surface area contributed by atoms with E-state index >= 15 is 0 Å². The van der Waals surface area contributed by atoms with Crippen LogP contribution in [0.5, 0.6) is 0 Å². The molecule has 0 amide bonds. The SMILES string of the molecule is CCCOCC(NC)C(CC)(CC)N(C)C. The Labute approximate surface area is 102 Å². The maximum atomic E-state index is 5.71. The van der Waals surface area contributed by atoms with Gasteiger partial charge in [0.05, 0.1) is 6.61 Å². The fourth-order valence-corrected chi connectivity index (χ4v) is 2.54. The zero-order chi connectivity index (χ0) is 12.6. The van der Waals surface area contributed by atoms with Crippen molar-refractivity contribution in [2.24, 2.45) is 0 Å². The first-order chi connectivity index (χ1) is 7.58. The average molecular weight is 230 g/mol. The quantitative estimate of drug-likeness (QED) is 0.614. The van der Waals surface area contributed by atoms with E-state index in [9.17, 15) is 0 Å². The van der Waals surface area contributed by atoms with Crippen LogP contribution in [-0.4, -0.2) is 50.8 Å². The van der Waals surface area contributed by atoms with Crippen molar-refractivity contribution >= 4 is 0 Å². The Morgan fingerprint density at radius 3 is 2.06 bits per heavy atom. The van der Waals surface area contributed by atoms with Gasteiger partial charge in [-0.05, 0) is 40.4 Å². The second-order valence-corrected chi connectivity index (χ2v) is 4.62. The minimum Gasteiger partial charge on any atom is -0.380 e. The molecule has 0 aliphatic carbocycles. The highest BCUT2D eigenvalue weighted by Gasteiger charge is 2.36. The summed E-state index contributed by atoms with van der Waals surface area (Å²) in [5.41, 5.74) is 0.197. The van der Waals surface area contributed by atoms with E-state index in [1.807, 2.05) is 7.05 Å². The Morgan fingerprint density at radius 1 is 1.19 bits per heavy atom.